The zero-order chi connectivity index (χ0) is 15.0. The average Bonchev–Trinajstić information content (AvgIpc) is 2.85. The molecule has 5 heteroatoms. The number of nitrogens with zero attached hydrogens (tertiary/aromatic N) is 1. The molecule has 0 saturated carbocycles. The number of thiazole rings is 1. The first kappa shape index (κ1) is 14.0. The number of carbonyl (C=O) groups is 1. The lowest BCUT2D eigenvalue weighted by atomic mass is 10.1. The summed E-state index contributed by atoms with van der Waals surface area (Å²) in [5.41, 5.74) is 3.39. The van der Waals surface area contributed by atoms with Crippen LogP contribution < -0.4 is 5.32 Å². The van der Waals surface area contributed by atoms with Gasteiger partial charge >= 0.3 is 0 Å². The second-order valence-electron chi connectivity index (χ2n) is 4.88. The minimum atomic E-state index is -0.147. The SMILES string of the molecule is Cc1ccc(C)c(C(=O)Nc2nc3c(Cl)cccc3s2)c1. The van der Waals surface area contributed by atoms with E-state index < -0.39 is 0 Å². The van der Waals surface area contributed by atoms with Crippen LogP contribution in [-0.2, 0) is 0 Å². The van der Waals surface area contributed by atoms with Crippen LogP contribution in [0.2, 0.25) is 5.02 Å². The predicted octanol–water partition coefficient (Wildman–Crippen LogP) is 4.82. The van der Waals surface area contributed by atoms with Crippen molar-refractivity contribution in [3.63, 3.8) is 0 Å². The highest BCUT2D eigenvalue weighted by Gasteiger charge is 2.13. The Labute approximate surface area is 131 Å². The number of hydrogen-bond donors (Lipinski definition) is 1. The third-order valence-corrected chi connectivity index (χ3v) is 4.47. The van der Waals surface area contributed by atoms with Gasteiger partial charge in [-0.3, -0.25) is 10.1 Å². The van der Waals surface area contributed by atoms with E-state index in [0.717, 1.165) is 21.3 Å². The number of rotatable bonds is 2. The molecule has 0 spiro atoms. The molecule has 0 saturated heterocycles. The standard InChI is InChI=1S/C16H13ClN2OS/c1-9-6-7-10(2)11(8-9)15(20)19-16-18-14-12(17)4-3-5-13(14)21-16/h3-8H,1-2H3,(H,18,19,20). The topological polar surface area (TPSA) is 42.0 Å². The molecule has 3 aromatic rings. The monoisotopic (exact) mass is 316 g/mol. The van der Waals surface area contributed by atoms with E-state index in [9.17, 15) is 4.79 Å². The maximum absolute atomic E-state index is 12.4. The normalized spacial score (nSPS) is 10.8. The van der Waals surface area contributed by atoms with Gasteiger partial charge in [0.25, 0.3) is 5.91 Å². The quantitative estimate of drug-likeness (QED) is 0.736. The van der Waals surface area contributed by atoms with Crippen LogP contribution in [0.25, 0.3) is 10.2 Å². The minimum absolute atomic E-state index is 0.147. The van der Waals surface area contributed by atoms with E-state index in [1.807, 2.05) is 44.2 Å². The highest BCUT2D eigenvalue weighted by atomic mass is 35.5. The fourth-order valence-corrected chi connectivity index (χ4v) is 3.27. The van der Waals surface area contributed by atoms with Gasteiger partial charge in [-0.15, -0.1) is 0 Å². The molecule has 1 N–H and O–H groups in total. The van der Waals surface area contributed by atoms with Crippen molar-refractivity contribution in [1.82, 2.24) is 4.98 Å². The molecule has 1 amide bonds. The zero-order valence-corrected chi connectivity index (χ0v) is 13.2. The number of amides is 1. The van der Waals surface area contributed by atoms with Crippen molar-refractivity contribution in [2.24, 2.45) is 0 Å². The maximum atomic E-state index is 12.4. The summed E-state index contributed by atoms with van der Waals surface area (Å²) in [6, 6.07) is 11.4. The van der Waals surface area contributed by atoms with Crippen molar-refractivity contribution >= 4 is 44.2 Å². The molecule has 2 aromatic carbocycles. The van der Waals surface area contributed by atoms with Crippen LogP contribution in [0, 0.1) is 13.8 Å². The largest absolute Gasteiger partial charge is 0.298 e. The smallest absolute Gasteiger partial charge is 0.257 e. The van der Waals surface area contributed by atoms with Crippen molar-refractivity contribution in [2.75, 3.05) is 5.32 Å². The van der Waals surface area contributed by atoms with Crippen molar-refractivity contribution in [1.29, 1.82) is 0 Å². The Morgan fingerprint density at radius 1 is 1.24 bits per heavy atom. The number of hydrogen-bond acceptors (Lipinski definition) is 3. The summed E-state index contributed by atoms with van der Waals surface area (Å²) in [6.45, 7) is 3.89. The first-order valence-corrected chi connectivity index (χ1v) is 7.68. The van der Waals surface area contributed by atoms with E-state index in [0.29, 0.717) is 15.7 Å². The molecule has 21 heavy (non-hydrogen) atoms. The van der Waals surface area contributed by atoms with E-state index in [-0.39, 0.29) is 5.91 Å². The number of nitrogens with one attached hydrogen (secondary N) is 1. The summed E-state index contributed by atoms with van der Waals surface area (Å²) < 4.78 is 0.957. The molecular formula is C16H13ClN2OS. The lowest BCUT2D eigenvalue weighted by molar-refractivity contribution is 0.102. The Morgan fingerprint density at radius 3 is 2.81 bits per heavy atom. The summed E-state index contributed by atoms with van der Waals surface area (Å²) in [7, 11) is 0. The van der Waals surface area contributed by atoms with Gasteiger partial charge in [-0.2, -0.15) is 0 Å². The number of fused-ring (bicyclic) bond motifs is 1. The molecule has 3 rings (SSSR count). The first-order chi connectivity index (χ1) is 10.0. The minimum Gasteiger partial charge on any atom is -0.298 e. The Hall–Kier alpha value is -1.91. The van der Waals surface area contributed by atoms with Crippen molar-refractivity contribution < 1.29 is 4.79 Å². The maximum Gasteiger partial charge on any atom is 0.257 e. The first-order valence-electron chi connectivity index (χ1n) is 6.48. The van der Waals surface area contributed by atoms with E-state index in [1.54, 1.807) is 6.07 Å². The van der Waals surface area contributed by atoms with Crippen LogP contribution in [-0.4, -0.2) is 10.9 Å². The van der Waals surface area contributed by atoms with E-state index in [1.165, 1.54) is 11.3 Å². The molecule has 0 atom stereocenters. The van der Waals surface area contributed by atoms with Gasteiger partial charge in [0.2, 0.25) is 0 Å². The van der Waals surface area contributed by atoms with Crippen LogP contribution in [0.15, 0.2) is 36.4 Å². The Balaban J connectivity index is 1.93. The number of anilines is 1. The van der Waals surface area contributed by atoms with Gasteiger partial charge in [-0.1, -0.05) is 46.7 Å². The summed E-state index contributed by atoms with van der Waals surface area (Å²) in [6.07, 6.45) is 0. The van der Waals surface area contributed by atoms with Gasteiger partial charge in [-0.05, 0) is 37.6 Å². The van der Waals surface area contributed by atoms with E-state index in [2.05, 4.69) is 10.3 Å². The van der Waals surface area contributed by atoms with Crippen LogP contribution in [0.4, 0.5) is 5.13 Å². The zero-order valence-electron chi connectivity index (χ0n) is 11.6. The summed E-state index contributed by atoms with van der Waals surface area (Å²) in [5, 5.41) is 4.01. The van der Waals surface area contributed by atoms with E-state index in [4.69, 9.17) is 11.6 Å². The number of benzene rings is 2. The second kappa shape index (κ2) is 5.47. The van der Waals surface area contributed by atoms with Crippen molar-refractivity contribution in [3.05, 3.63) is 58.1 Å². The van der Waals surface area contributed by atoms with Crippen molar-refractivity contribution in [3.8, 4) is 0 Å². The average molecular weight is 317 g/mol. The van der Waals surface area contributed by atoms with E-state index >= 15 is 0 Å². The third-order valence-electron chi connectivity index (χ3n) is 3.23. The molecular weight excluding hydrogens is 304 g/mol. The van der Waals surface area contributed by atoms with Gasteiger partial charge in [0, 0.05) is 5.56 Å². The number of aromatic nitrogens is 1. The Morgan fingerprint density at radius 2 is 2.05 bits per heavy atom. The molecule has 0 aliphatic heterocycles. The molecule has 0 aliphatic carbocycles. The lowest BCUT2D eigenvalue weighted by Crippen LogP contribution is -2.13. The second-order valence-corrected chi connectivity index (χ2v) is 6.32. The van der Waals surface area contributed by atoms with Gasteiger partial charge in [0.05, 0.1) is 9.72 Å². The summed E-state index contributed by atoms with van der Waals surface area (Å²) in [5.74, 6) is -0.147. The fourth-order valence-electron chi connectivity index (χ4n) is 2.11. The Kier molecular flexibility index (Phi) is 3.66. The molecule has 0 bridgehead atoms. The molecule has 1 aromatic heterocycles. The van der Waals surface area contributed by atoms with Gasteiger partial charge in [0.1, 0.15) is 5.52 Å². The third kappa shape index (κ3) is 2.77. The highest BCUT2D eigenvalue weighted by molar-refractivity contribution is 7.22. The highest BCUT2D eigenvalue weighted by Crippen LogP contribution is 2.30. The predicted molar refractivity (Wildman–Crippen MR) is 88.5 cm³/mol. The fraction of sp³-hybridized carbons (Fsp3) is 0.125. The van der Waals surface area contributed by atoms with Crippen molar-refractivity contribution in [2.45, 2.75) is 13.8 Å². The number of para-hydroxylation sites is 1. The molecule has 106 valence electrons. The van der Waals surface area contributed by atoms with Crippen LogP contribution in [0.5, 0.6) is 0 Å². The van der Waals surface area contributed by atoms with Crippen LogP contribution in [0.3, 0.4) is 0 Å². The van der Waals surface area contributed by atoms with Gasteiger partial charge < -0.3 is 0 Å². The molecule has 1 heterocycles. The van der Waals surface area contributed by atoms with Crippen LogP contribution in [0.1, 0.15) is 21.5 Å². The van der Waals surface area contributed by atoms with Crippen LogP contribution >= 0.6 is 22.9 Å². The summed E-state index contributed by atoms with van der Waals surface area (Å²) in [4.78, 5) is 16.8. The lowest BCUT2D eigenvalue weighted by Gasteiger charge is -2.06. The van der Waals surface area contributed by atoms with Gasteiger partial charge in [0.15, 0.2) is 5.13 Å². The number of aryl methyl sites for hydroxylation is 2. The number of carbonyl (C=O) groups excluding carboxylic acids is 1. The van der Waals surface area contributed by atoms with Gasteiger partial charge in [-0.25, -0.2) is 4.98 Å². The Bertz CT molecular complexity index is 841. The molecule has 0 fully saturated rings. The molecule has 0 unspecified atom stereocenters. The molecule has 0 radical (unpaired) electrons. The number of halogens is 1. The molecule has 3 nitrogen and oxygen atoms in total. The molecule has 0 aliphatic rings. The summed E-state index contributed by atoms with van der Waals surface area (Å²) >= 11 is 7.52.